The monoisotopic (exact) mass is 290 g/mol. The molecule has 0 aliphatic carbocycles. The van der Waals surface area contributed by atoms with Crippen LogP contribution in [-0.2, 0) is 19.6 Å². The van der Waals surface area contributed by atoms with Crippen molar-refractivity contribution in [3.63, 3.8) is 0 Å². The molecule has 21 heavy (non-hydrogen) atoms. The Morgan fingerprint density at radius 1 is 1.00 bits per heavy atom. The first-order valence-electron chi connectivity index (χ1n) is 7.49. The van der Waals surface area contributed by atoms with E-state index in [1.54, 1.807) is 19.0 Å². The number of rotatable bonds is 6. The maximum atomic E-state index is 4.35. The fourth-order valence-corrected chi connectivity index (χ4v) is 2.64. The zero-order valence-corrected chi connectivity index (χ0v) is 12.5. The fourth-order valence-electron chi connectivity index (χ4n) is 2.64. The van der Waals surface area contributed by atoms with Crippen LogP contribution in [0.15, 0.2) is 19.0 Å². The molecule has 0 aromatic carbocycles. The van der Waals surface area contributed by atoms with Gasteiger partial charge in [-0.1, -0.05) is 0 Å². The van der Waals surface area contributed by atoms with Gasteiger partial charge in [-0.25, -0.2) is 14.6 Å². The summed E-state index contributed by atoms with van der Waals surface area (Å²) in [4.78, 5) is 13.2. The Hall–Kier alpha value is -1.80. The van der Waals surface area contributed by atoms with E-state index in [1.807, 2.05) is 9.36 Å². The lowest BCUT2D eigenvalue weighted by Crippen LogP contribution is -2.47. The van der Waals surface area contributed by atoms with Crippen molar-refractivity contribution in [3.05, 3.63) is 24.8 Å². The summed E-state index contributed by atoms with van der Waals surface area (Å²) in [5.41, 5.74) is 0. The zero-order chi connectivity index (χ0) is 14.5. The molecule has 0 atom stereocenters. The highest BCUT2D eigenvalue weighted by Crippen LogP contribution is 2.06. The lowest BCUT2D eigenvalue weighted by Gasteiger charge is -2.34. The highest BCUT2D eigenvalue weighted by molar-refractivity contribution is 4.86. The Labute approximate surface area is 124 Å². The summed E-state index contributed by atoms with van der Waals surface area (Å²) in [6.45, 7) is 10.1. The van der Waals surface area contributed by atoms with Gasteiger partial charge in [-0.3, -0.25) is 14.5 Å². The fraction of sp³-hybridized carbons (Fsp3) is 0.692. The molecule has 0 bridgehead atoms. The van der Waals surface area contributed by atoms with E-state index in [9.17, 15) is 0 Å². The van der Waals surface area contributed by atoms with E-state index in [4.69, 9.17) is 0 Å². The molecule has 1 saturated heterocycles. The molecule has 1 aliphatic heterocycles. The Morgan fingerprint density at radius 3 is 2.52 bits per heavy atom. The molecule has 0 saturated carbocycles. The molecule has 0 unspecified atom stereocenters. The minimum Gasteiger partial charge on any atom is -0.299 e. The summed E-state index contributed by atoms with van der Waals surface area (Å²) >= 11 is 0. The van der Waals surface area contributed by atoms with Crippen molar-refractivity contribution < 1.29 is 0 Å². The number of aromatic nitrogens is 6. The topological polar surface area (TPSA) is 67.9 Å². The van der Waals surface area contributed by atoms with E-state index < -0.39 is 0 Å². The van der Waals surface area contributed by atoms with Crippen molar-refractivity contribution in [1.29, 1.82) is 0 Å². The Bertz CT molecular complexity index is 526. The van der Waals surface area contributed by atoms with E-state index in [-0.39, 0.29) is 0 Å². The average molecular weight is 290 g/mol. The van der Waals surface area contributed by atoms with Gasteiger partial charge in [0.1, 0.15) is 24.8 Å². The van der Waals surface area contributed by atoms with Gasteiger partial charge in [-0.15, -0.1) is 0 Å². The van der Waals surface area contributed by atoms with E-state index in [1.165, 1.54) is 0 Å². The van der Waals surface area contributed by atoms with Crippen LogP contribution in [0.5, 0.6) is 0 Å². The quantitative estimate of drug-likeness (QED) is 0.728. The van der Waals surface area contributed by atoms with Crippen LogP contribution in [-0.4, -0.2) is 72.1 Å². The van der Waals surface area contributed by atoms with Gasteiger partial charge in [0.2, 0.25) is 0 Å². The molecule has 0 N–H and O–H groups in total. The van der Waals surface area contributed by atoms with Crippen LogP contribution in [0, 0.1) is 0 Å². The number of hydrogen-bond acceptors (Lipinski definition) is 6. The number of aryl methyl sites for hydroxylation is 1. The van der Waals surface area contributed by atoms with Crippen molar-refractivity contribution in [1.82, 2.24) is 39.3 Å². The second-order valence-corrected chi connectivity index (χ2v) is 5.27. The minimum atomic E-state index is 0.882. The first-order valence-corrected chi connectivity index (χ1v) is 7.49. The van der Waals surface area contributed by atoms with Crippen LogP contribution >= 0.6 is 0 Å². The molecule has 1 fully saturated rings. The SMILES string of the molecule is CCn1ncnc1CN1CCN(CCn2cncn2)CC1. The van der Waals surface area contributed by atoms with E-state index in [0.717, 1.165) is 58.2 Å². The highest BCUT2D eigenvalue weighted by atomic mass is 15.4. The van der Waals surface area contributed by atoms with Gasteiger partial charge in [0.25, 0.3) is 0 Å². The Kier molecular flexibility index (Phi) is 4.56. The molecule has 3 heterocycles. The van der Waals surface area contributed by atoms with E-state index >= 15 is 0 Å². The van der Waals surface area contributed by atoms with Crippen molar-refractivity contribution in [3.8, 4) is 0 Å². The molecule has 0 radical (unpaired) electrons. The average Bonchev–Trinajstić information content (AvgIpc) is 3.17. The summed E-state index contributed by atoms with van der Waals surface area (Å²) in [6.07, 6.45) is 5.00. The predicted octanol–water partition coefficient (Wildman–Crippen LogP) is -0.293. The number of hydrogen-bond donors (Lipinski definition) is 0. The van der Waals surface area contributed by atoms with Crippen LogP contribution in [0.25, 0.3) is 0 Å². The van der Waals surface area contributed by atoms with Crippen LogP contribution in [0.2, 0.25) is 0 Å². The van der Waals surface area contributed by atoms with Gasteiger partial charge < -0.3 is 0 Å². The maximum absolute atomic E-state index is 4.35. The molecule has 0 amide bonds. The van der Waals surface area contributed by atoms with Gasteiger partial charge in [0.05, 0.1) is 13.1 Å². The smallest absolute Gasteiger partial charge is 0.140 e. The van der Waals surface area contributed by atoms with Crippen molar-refractivity contribution in [2.45, 2.75) is 26.6 Å². The molecule has 2 aromatic rings. The van der Waals surface area contributed by atoms with Crippen LogP contribution in [0.1, 0.15) is 12.7 Å². The van der Waals surface area contributed by atoms with E-state index in [2.05, 4.69) is 36.9 Å². The summed E-state index contributed by atoms with van der Waals surface area (Å²) in [7, 11) is 0. The summed E-state index contributed by atoms with van der Waals surface area (Å²) in [6, 6.07) is 0. The molecule has 3 rings (SSSR count). The lowest BCUT2D eigenvalue weighted by atomic mass is 10.3. The highest BCUT2D eigenvalue weighted by Gasteiger charge is 2.18. The molecular weight excluding hydrogens is 268 g/mol. The molecule has 0 spiro atoms. The third kappa shape index (κ3) is 3.64. The predicted molar refractivity (Wildman–Crippen MR) is 77.4 cm³/mol. The molecule has 8 heteroatoms. The number of piperazine rings is 1. The minimum absolute atomic E-state index is 0.882. The van der Waals surface area contributed by atoms with Gasteiger partial charge in [0, 0.05) is 39.3 Å². The first kappa shape index (κ1) is 14.2. The normalized spacial score (nSPS) is 17.4. The molecule has 1 aliphatic rings. The molecular formula is C13H22N8. The third-order valence-corrected chi connectivity index (χ3v) is 3.94. The standard InChI is InChI=1S/C13H22N8/c1-2-21-13(15-11-17-21)9-19-5-3-18(4-6-19)7-8-20-12-14-10-16-20/h10-12H,2-9H2,1H3. The third-order valence-electron chi connectivity index (χ3n) is 3.94. The lowest BCUT2D eigenvalue weighted by molar-refractivity contribution is 0.119. The maximum Gasteiger partial charge on any atom is 0.140 e. The molecule has 2 aromatic heterocycles. The van der Waals surface area contributed by atoms with Gasteiger partial charge in [-0.05, 0) is 6.92 Å². The second-order valence-electron chi connectivity index (χ2n) is 5.27. The van der Waals surface area contributed by atoms with Gasteiger partial charge >= 0.3 is 0 Å². The van der Waals surface area contributed by atoms with E-state index in [0.29, 0.717) is 0 Å². The van der Waals surface area contributed by atoms with Crippen molar-refractivity contribution in [2.24, 2.45) is 0 Å². The zero-order valence-electron chi connectivity index (χ0n) is 12.5. The molecule has 114 valence electrons. The van der Waals surface area contributed by atoms with Crippen LogP contribution < -0.4 is 0 Å². The Morgan fingerprint density at radius 2 is 1.81 bits per heavy atom. The largest absolute Gasteiger partial charge is 0.299 e. The van der Waals surface area contributed by atoms with Crippen LogP contribution in [0.4, 0.5) is 0 Å². The van der Waals surface area contributed by atoms with Gasteiger partial charge in [-0.2, -0.15) is 10.2 Å². The molecule has 8 nitrogen and oxygen atoms in total. The van der Waals surface area contributed by atoms with Crippen molar-refractivity contribution in [2.75, 3.05) is 32.7 Å². The first-order chi connectivity index (χ1) is 10.3. The summed E-state index contributed by atoms with van der Waals surface area (Å²) < 4.78 is 3.85. The second kappa shape index (κ2) is 6.77. The number of nitrogens with zero attached hydrogens (tertiary/aromatic N) is 8. The summed E-state index contributed by atoms with van der Waals surface area (Å²) in [5, 5.41) is 8.36. The Balaban J connectivity index is 1.42. The van der Waals surface area contributed by atoms with Gasteiger partial charge in [0.15, 0.2) is 0 Å². The van der Waals surface area contributed by atoms with Crippen LogP contribution in [0.3, 0.4) is 0 Å². The van der Waals surface area contributed by atoms with Crippen molar-refractivity contribution >= 4 is 0 Å². The summed E-state index contributed by atoms with van der Waals surface area (Å²) in [5.74, 6) is 1.06.